The van der Waals surface area contributed by atoms with Crippen molar-refractivity contribution in [1.29, 1.82) is 0 Å². The van der Waals surface area contributed by atoms with E-state index in [2.05, 4.69) is 13.8 Å². The van der Waals surface area contributed by atoms with Gasteiger partial charge in [-0.2, -0.15) is 0 Å². The second kappa shape index (κ2) is 8.79. The smallest absolute Gasteiger partial charge is 0.302 e. The summed E-state index contributed by atoms with van der Waals surface area (Å²) in [5.41, 5.74) is -1.48. The van der Waals surface area contributed by atoms with Crippen LogP contribution in [0.1, 0.15) is 92.9 Å². The van der Waals surface area contributed by atoms with E-state index in [-0.39, 0.29) is 53.5 Å². The molecule has 7 nitrogen and oxygen atoms in total. The molecule has 0 unspecified atom stereocenters. The van der Waals surface area contributed by atoms with Crippen molar-refractivity contribution in [2.75, 3.05) is 0 Å². The summed E-state index contributed by atoms with van der Waals surface area (Å²) in [5, 5.41) is 12.0. The minimum atomic E-state index is -0.957. The summed E-state index contributed by atoms with van der Waals surface area (Å²) < 4.78 is 17.2. The van der Waals surface area contributed by atoms with Crippen LogP contribution in [0.15, 0.2) is 0 Å². The third-order valence-electron chi connectivity index (χ3n) is 10.3. The molecule has 0 aromatic heterocycles. The first-order chi connectivity index (χ1) is 15.8. The van der Waals surface area contributed by atoms with E-state index in [9.17, 15) is 19.5 Å². The zero-order valence-electron chi connectivity index (χ0n) is 21.6. The molecule has 34 heavy (non-hydrogen) atoms. The molecule has 0 bridgehead atoms. The lowest BCUT2D eigenvalue weighted by Crippen LogP contribution is -2.67. The molecule has 0 spiro atoms. The molecule has 4 fully saturated rings. The highest BCUT2D eigenvalue weighted by molar-refractivity contribution is 5.67. The molecule has 0 aromatic carbocycles. The van der Waals surface area contributed by atoms with Crippen molar-refractivity contribution in [2.24, 2.45) is 34.5 Å². The van der Waals surface area contributed by atoms with Gasteiger partial charge in [0.2, 0.25) is 0 Å². The van der Waals surface area contributed by atoms with Crippen LogP contribution in [0.2, 0.25) is 0 Å². The van der Waals surface area contributed by atoms with Crippen LogP contribution in [-0.2, 0) is 28.6 Å². The summed E-state index contributed by atoms with van der Waals surface area (Å²) in [4.78, 5) is 35.5. The van der Waals surface area contributed by atoms with Gasteiger partial charge in [-0.1, -0.05) is 13.8 Å². The maximum Gasteiger partial charge on any atom is 0.302 e. The fourth-order valence-electron chi connectivity index (χ4n) is 9.10. The maximum absolute atomic E-state index is 12.2. The van der Waals surface area contributed by atoms with Crippen LogP contribution in [0.25, 0.3) is 0 Å². The predicted octanol–water partition coefficient (Wildman–Crippen LogP) is 4.19. The predicted molar refractivity (Wildman–Crippen MR) is 124 cm³/mol. The SMILES string of the molecule is CC(=O)O[C@@H]1CC[C@]2(C)[C@@H]3[C@@H](CC[C@@]2(O)C1)[C@@H]1CC[C@H]([C@H](C)OC(C)=O)[C@@]1(C)C[C@H]3OC(C)=O. The van der Waals surface area contributed by atoms with Crippen molar-refractivity contribution >= 4 is 17.9 Å². The molecular weight excluding hydrogens is 436 g/mol. The number of rotatable bonds is 4. The molecule has 0 aliphatic heterocycles. The van der Waals surface area contributed by atoms with Gasteiger partial charge in [0.25, 0.3) is 0 Å². The zero-order chi connectivity index (χ0) is 25.1. The molecule has 0 amide bonds. The van der Waals surface area contributed by atoms with Crippen LogP contribution < -0.4 is 0 Å². The van der Waals surface area contributed by atoms with E-state index in [1.165, 1.54) is 20.8 Å². The number of fused-ring (bicyclic) bond motifs is 5. The van der Waals surface area contributed by atoms with Crippen molar-refractivity contribution in [3.8, 4) is 0 Å². The van der Waals surface area contributed by atoms with Crippen LogP contribution in [0, 0.1) is 34.5 Å². The van der Waals surface area contributed by atoms with E-state index in [0.29, 0.717) is 37.5 Å². The van der Waals surface area contributed by atoms with Gasteiger partial charge in [0.1, 0.15) is 18.3 Å². The Kier molecular flexibility index (Phi) is 6.58. The molecule has 192 valence electrons. The van der Waals surface area contributed by atoms with Crippen LogP contribution in [0.4, 0.5) is 0 Å². The molecule has 4 rings (SSSR count). The van der Waals surface area contributed by atoms with Gasteiger partial charge >= 0.3 is 17.9 Å². The van der Waals surface area contributed by atoms with E-state index in [4.69, 9.17) is 14.2 Å². The van der Waals surface area contributed by atoms with Crippen molar-refractivity contribution < 1.29 is 33.7 Å². The first-order valence-electron chi connectivity index (χ1n) is 13.0. The molecule has 10 atom stereocenters. The maximum atomic E-state index is 12.2. The highest BCUT2D eigenvalue weighted by Crippen LogP contribution is 2.69. The van der Waals surface area contributed by atoms with E-state index in [1.54, 1.807) is 0 Å². The van der Waals surface area contributed by atoms with E-state index in [0.717, 1.165) is 25.7 Å². The summed E-state index contributed by atoms with van der Waals surface area (Å²) in [6, 6.07) is 0. The summed E-state index contributed by atoms with van der Waals surface area (Å²) in [6.45, 7) is 10.8. The fraction of sp³-hybridized carbons (Fsp3) is 0.889. The highest BCUT2D eigenvalue weighted by Gasteiger charge is 2.68. The lowest BCUT2D eigenvalue weighted by Gasteiger charge is -2.65. The van der Waals surface area contributed by atoms with Crippen LogP contribution in [0.5, 0.6) is 0 Å². The molecule has 4 aliphatic rings. The molecule has 7 heteroatoms. The summed E-state index contributed by atoms with van der Waals surface area (Å²) in [5.74, 6) is 0.163. The van der Waals surface area contributed by atoms with Crippen LogP contribution >= 0.6 is 0 Å². The summed E-state index contributed by atoms with van der Waals surface area (Å²) >= 11 is 0. The molecule has 0 aromatic rings. The lowest BCUT2D eigenvalue weighted by atomic mass is 9.42. The second-order valence-corrected chi connectivity index (χ2v) is 12.1. The molecule has 0 heterocycles. The molecule has 0 radical (unpaired) electrons. The van der Waals surface area contributed by atoms with E-state index >= 15 is 0 Å². The van der Waals surface area contributed by atoms with Crippen molar-refractivity contribution in [3.05, 3.63) is 0 Å². The average molecular weight is 479 g/mol. The normalized spacial score (nSPS) is 46.3. The minimum absolute atomic E-state index is 0.0503. The Morgan fingerprint density at radius 3 is 2.18 bits per heavy atom. The standard InChI is InChI=1S/C27H42O7/c1-15(32-16(2)28)21-7-8-22-20-10-12-27(31)13-19(33-17(3)29)9-11-26(27,6)24(20)23(34-18(4)30)14-25(21,22)5/h15,19-24,31H,7-14H2,1-6H3/t15-,19+,20-,21+,22-,23+,24+,25+,26+,27+/m0/s1. The Labute approximate surface area is 203 Å². The second-order valence-electron chi connectivity index (χ2n) is 12.1. The Hall–Kier alpha value is -1.63. The Morgan fingerprint density at radius 2 is 1.56 bits per heavy atom. The van der Waals surface area contributed by atoms with Crippen molar-refractivity contribution in [1.82, 2.24) is 0 Å². The number of carbonyl (C=O) groups is 3. The molecule has 4 aliphatic carbocycles. The Morgan fingerprint density at radius 1 is 0.882 bits per heavy atom. The highest BCUT2D eigenvalue weighted by atomic mass is 16.6. The molecule has 1 N–H and O–H groups in total. The van der Waals surface area contributed by atoms with Gasteiger partial charge in [-0.05, 0) is 69.1 Å². The van der Waals surface area contributed by atoms with Gasteiger partial charge in [-0.3, -0.25) is 14.4 Å². The van der Waals surface area contributed by atoms with E-state index in [1.807, 2.05) is 6.92 Å². The number of ether oxygens (including phenoxy) is 3. The van der Waals surface area contributed by atoms with E-state index < -0.39 is 11.0 Å². The third-order valence-corrected chi connectivity index (χ3v) is 10.3. The number of esters is 3. The van der Waals surface area contributed by atoms with Gasteiger partial charge in [0.15, 0.2) is 0 Å². The monoisotopic (exact) mass is 478 g/mol. The summed E-state index contributed by atoms with van der Waals surface area (Å²) in [7, 11) is 0. The topological polar surface area (TPSA) is 99.1 Å². The number of aliphatic hydroxyl groups is 1. The molecular formula is C27H42O7. The first kappa shape index (κ1) is 25.5. The third kappa shape index (κ3) is 4.06. The number of hydrogen-bond acceptors (Lipinski definition) is 7. The van der Waals surface area contributed by atoms with Crippen molar-refractivity contribution in [3.63, 3.8) is 0 Å². The van der Waals surface area contributed by atoms with Gasteiger partial charge in [0.05, 0.1) is 5.60 Å². The average Bonchev–Trinajstić information content (AvgIpc) is 3.04. The first-order valence-corrected chi connectivity index (χ1v) is 13.0. The summed E-state index contributed by atoms with van der Waals surface area (Å²) in [6.07, 6.45) is 5.41. The zero-order valence-corrected chi connectivity index (χ0v) is 21.6. The Bertz CT molecular complexity index is 841. The largest absolute Gasteiger partial charge is 0.463 e. The number of carbonyl (C=O) groups excluding carboxylic acids is 3. The molecule has 0 saturated heterocycles. The van der Waals surface area contributed by atoms with Gasteiger partial charge in [-0.15, -0.1) is 0 Å². The van der Waals surface area contributed by atoms with Gasteiger partial charge in [0, 0.05) is 44.4 Å². The van der Waals surface area contributed by atoms with Crippen LogP contribution in [-0.4, -0.2) is 46.9 Å². The quantitative estimate of drug-likeness (QED) is 0.478. The van der Waals surface area contributed by atoms with Gasteiger partial charge < -0.3 is 19.3 Å². The Balaban J connectivity index is 1.67. The molecule has 4 saturated carbocycles. The fourth-order valence-corrected chi connectivity index (χ4v) is 9.10. The van der Waals surface area contributed by atoms with Crippen LogP contribution in [0.3, 0.4) is 0 Å². The van der Waals surface area contributed by atoms with Gasteiger partial charge in [-0.25, -0.2) is 0 Å². The minimum Gasteiger partial charge on any atom is -0.463 e. The van der Waals surface area contributed by atoms with Crippen molar-refractivity contribution in [2.45, 2.75) is 117 Å². The number of hydrogen-bond donors (Lipinski definition) is 1. The lowest BCUT2D eigenvalue weighted by molar-refractivity contribution is -0.252.